The maximum absolute atomic E-state index is 15.2. The van der Waals surface area contributed by atoms with E-state index < -0.39 is 29.7 Å². The zero-order valence-electron chi connectivity index (χ0n) is 18.8. The average molecular weight is 551 g/mol. The average Bonchev–Trinajstić information content (AvgIpc) is 3.52. The smallest absolute Gasteiger partial charge is 0.380 e. The lowest BCUT2D eigenvalue weighted by molar-refractivity contribution is -0.151. The molecule has 3 aromatic rings. The van der Waals surface area contributed by atoms with Crippen molar-refractivity contribution in [1.82, 2.24) is 10.2 Å². The van der Waals surface area contributed by atoms with Crippen LogP contribution in [0.25, 0.3) is 11.0 Å². The van der Waals surface area contributed by atoms with E-state index in [-0.39, 0.29) is 12.1 Å². The molecule has 2 aliphatic heterocycles. The van der Waals surface area contributed by atoms with E-state index in [1.165, 1.54) is 0 Å². The molecule has 1 fully saturated rings. The Hall–Kier alpha value is -2.69. The summed E-state index contributed by atoms with van der Waals surface area (Å²) in [5.41, 5.74) is 0.691. The molecule has 10 heteroatoms. The van der Waals surface area contributed by atoms with Gasteiger partial charge >= 0.3 is 5.92 Å². The van der Waals surface area contributed by atoms with Gasteiger partial charge in [0.25, 0.3) is 5.91 Å². The van der Waals surface area contributed by atoms with Crippen molar-refractivity contribution in [2.24, 2.45) is 0 Å². The van der Waals surface area contributed by atoms with Crippen LogP contribution in [0.3, 0.4) is 0 Å². The van der Waals surface area contributed by atoms with Gasteiger partial charge in [-0.15, -0.1) is 0 Å². The number of furan rings is 1. The quantitative estimate of drug-likeness (QED) is 0.454. The van der Waals surface area contributed by atoms with Crippen LogP contribution in [-0.2, 0) is 10.7 Å². The first-order valence-electron chi connectivity index (χ1n) is 11.5. The van der Waals surface area contributed by atoms with Gasteiger partial charge < -0.3 is 29.2 Å². The monoisotopic (exact) mass is 550 g/mol. The van der Waals surface area contributed by atoms with Crippen molar-refractivity contribution in [3.8, 4) is 11.5 Å². The fourth-order valence-corrected chi connectivity index (χ4v) is 4.86. The van der Waals surface area contributed by atoms with Crippen LogP contribution in [0.1, 0.15) is 30.3 Å². The van der Waals surface area contributed by atoms with Gasteiger partial charge in [0.05, 0.1) is 6.04 Å². The van der Waals surface area contributed by atoms with Gasteiger partial charge in [-0.3, -0.25) is 4.79 Å². The van der Waals surface area contributed by atoms with Crippen LogP contribution in [0.4, 0.5) is 8.78 Å². The van der Waals surface area contributed by atoms with Crippen LogP contribution < -0.4 is 14.8 Å². The van der Waals surface area contributed by atoms with Crippen LogP contribution in [0.2, 0.25) is 0 Å². The molecule has 5 rings (SSSR count). The second-order valence-corrected chi connectivity index (χ2v) is 9.72. The Morgan fingerprint density at radius 3 is 2.60 bits per heavy atom. The molecule has 2 aromatic carbocycles. The first-order valence-corrected chi connectivity index (χ1v) is 12.3. The molecular weight excluding hydrogens is 526 g/mol. The van der Waals surface area contributed by atoms with Crippen molar-refractivity contribution in [3.05, 3.63) is 58.3 Å². The molecule has 0 radical (unpaired) electrons. The number of ether oxygens (including phenoxy) is 2. The number of carbonyl (C=O) groups is 1. The van der Waals surface area contributed by atoms with E-state index in [1.54, 1.807) is 36.4 Å². The first-order chi connectivity index (χ1) is 16.8. The van der Waals surface area contributed by atoms with E-state index in [1.807, 2.05) is 4.90 Å². The molecule has 2 atom stereocenters. The molecule has 35 heavy (non-hydrogen) atoms. The largest absolute Gasteiger partial charge is 0.486 e. The number of fused-ring (bicyclic) bond motifs is 2. The van der Waals surface area contributed by atoms with Gasteiger partial charge in [0.2, 0.25) is 0 Å². The molecule has 7 nitrogen and oxygen atoms in total. The van der Waals surface area contributed by atoms with Gasteiger partial charge in [0.1, 0.15) is 24.9 Å². The number of rotatable bonds is 7. The van der Waals surface area contributed by atoms with Crippen LogP contribution in [0.5, 0.6) is 11.5 Å². The number of aliphatic hydroxyl groups excluding tert-OH is 1. The number of aliphatic hydroxyl groups is 1. The van der Waals surface area contributed by atoms with Crippen molar-refractivity contribution < 1.29 is 32.6 Å². The van der Waals surface area contributed by atoms with E-state index in [9.17, 15) is 9.90 Å². The highest BCUT2D eigenvalue weighted by molar-refractivity contribution is 9.10. The van der Waals surface area contributed by atoms with E-state index in [0.29, 0.717) is 40.1 Å². The SMILES string of the molecule is O=C(N[C@H](CN1CCCC1)[C@H](O)c1ccc2c(c1)OCCO2)C(F)(F)c1cc2cc(Br)ccc2o1. The molecular formula is C25H25BrF2N2O5. The lowest BCUT2D eigenvalue weighted by Crippen LogP contribution is -2.50. The van der Waals surface area contributed by atoms with Crippen molar-refractivity contribution in [3.63, 3.8) is 0 Å². The summed E-state index contributed by atoms with van der Waals surface area (Å²) in [4.78, 5) is 14.9. The number of amides is 1. The highest BCUT2D eigenvalue weighted by atomic mass is 79.9. The maximum Gasteiger partial charge on any atom is 0.380 e. The van der Waals surface area contributed by atoms with Crippen molar-refractivity contribution in [1.29, 1.82) is 0 Å². The predicted octanol–water partition coefficient (Wildman–Crippen LogP) is 4.37. The Bertz CT molecular complexity index is 1230. The standard InChI is InChI=1S/C25H25BrF2N2O5/c26-17-4-6-19-16(11-17)13-22(35-19)25(27,28)24(32)29-18(14-30-7-1-2-8-30)23(31)15-3-5-20-21(12-15)34-10-9-33-20/h3-6,11-13,18,23,31H,1-2,7-10,14H2,(H,29,32)/t18-,23-/m1/s1. The van der Waals surface area contributed by atoms with Crippen molar-refractivity contribution in [2.45, 2.75) is 30.9 Å². The molecule has 0 spiro atoms. The normalized spacial score (nSPS) is 17.9. The number of alkyl halides is 2. The van der Waals surface area contributed by atoms with Crippen molar-refractivity contribution >= 4 is 32.8 Å². The second kappa shape index (κ2) is 9.75. The molecule has 1 amide bonds. The topological polar surface area (TPSA) is 84.2 Å². The third-order valence-electron chi connectivity index (χ3n) is 6.33. The molecule has 3 heterocycles. The van der Waals surface area contributed by atoms with Gasteiger partial charge in [0.15, 0.2) is 17.3 Å². The number of carbonyl (C=O) groups excluding carboxylic acids is 1. The lowest BCUT2D eigenvalue weighted by atomic mass is 10.0. The molecule has 186 valence electrons. The van der Waals surface area contributed by atoms with E-state index >= 15 is 8.78 Å². The molecule has 0 unspecified atom stereocenters. The zero-order chi connectivity index (χ0) is 24.6. The fourth-order valence-electron chi connectivity index (χ4n) is 4.48. The van der Waals surface area contributed by atoms with E-state index in [4.69, 9.17) is 13.9 Å². The van der Waals surface area contributed by atoms with Gasteiger partial charge in [0, 0.05) is 16.4 Å². The molecule has 2 N–H and O–H groups in total. The van der Waals surface area contributed by atoms with E-state index in [2.05, 4.69) is 21.2 Å². The first kappa shape index (κ1) is 24.0. The summed E-state index contributed by atoms with van der Waals surface area (Å²) in [5.74, 6) is -5.19. The Kier molecular flexibility index (Phi) is 6.69. The van der Waals surface area contributed by atoms with Crippen LogP contribution >= 0.6 is 15.9 Å². The number of benzene rings is 2. The summed E-state index contributed by atoms with van der Waals surface area (Å²) >= 11 is 3.30. The summed E-state index contributed by atoms with van der Waals surface area (Å²) in [5, 5.41) is 14.0. The fraction of sp³-hybridized carbons (Fsp3) is 0.400. The van der Waals surface area contributed by atoms with Crippen molar-refractivity contribution in [2.75, 3.05) is 32.8 Å². The van der Waals surface area contributed by atoms with Crippen LogP contribution in [0.15, 0.2) is 51.4 Å². The Balaban J connectivity index is 1.39. The Morgan fingerprint density at radius 2 is 1.83 bits per heavy atom. The van der Waals surface area contributed by atoms with E-state index in [0.717, 1.165) is 32.0 Å². The number of nitrogens with zero attached hydrogens (tertiary/aromatic N) is 1. The zero-order valence-corrected chi connectivity index (χ0v) is 20.4. The minimum Gasteiger partial charge on any atom is -0.486 e. The lowest BCUT2D eigenvalue weighted by Gasteiger charge is -2.30. The molecule has 1 aromatic heterocycles. The summed E-state index contributed by atoms with van der Waals surface area (Å²) in [6.07, 6.45) is 0.717. The number of hydrogen-bond acceptors (Lipinski definition) is 6. The number of hydrogen-bond donors (Lipinski definition) is 2. The summed E-state index contributed by atoms with van der Waals surface area (Å²) in [6.45, 7) is 2.58. The van der Waals surface area contributed by atoms with Gasteiger partial charge in [-0.25, -0.2) is 0 Å². The Morgan fingerprint density at radius 1 is 1.09 bits per heavy atom. The third-order valence-corrected chi connectivity index (χ3v) is 6.83. The Labute approximate surface area is 209 Å². The summed E-state index contributed by atoms with van der Waals surface area (Å²) < 4.78 is 47.5. The molecule has 0 aliphatic carbocycles. The third kappa shape index (κ3) is 5.00. The predicted molar refractivity (Wildman–Crippen MR) is 128 cm³/mol. The number of likely N-dealkylation sites (tertiary alicyclic amines) is 1. The van der Waals surface area contributed by atoms with Gasteiger partial charge in [-0.1, -0.05) is 22.0 Å². The van der Waals surface area contributed by atoms with Crippen LogP contribution in [0, 0.1) is 0 Å². The minimum absolute atomic E-state index is 0.227. The maximum atomic E-state index is 15.2. The molecule has 0 bridgehead atoms. The number of nitrogens with one attached hydrogen (secondary N) is 1. The second-order valence-electron chi connectivity index (χ2n) is 8.80. The van der Waals surface area contributed by atoms with Gasteiger partial charge in [-0.05, 0) is 67.9 Å². The number of halogens is 3. The summed E-state index contributed by atoms with van der Waals surface area (Å²) in [6, 6.07) is 9.98. The van der Waals surface area contributed by atoms with Gasteiger partial charge in [-0.2, -0.15) is 8.78 Å². The minimum atomic E-state index is -3.93. The molecule has 0 saturated carbocycles. The highest BCUT2D eigenvalue weighted by Gasteiger charge is 2.46. The molecule has 1 saturated heterocycles. The highest BCUT2D eigenvalue weighted by Crippen LogP contribution is 2.36. The molecule has 2 aliphatic rings. The van der Waals surface area contributed by atoms with Crippen LogP contribution in [-0.4, -0.2) is 54.8 Å². The summed E-state index contributed by atoms with van der Waals surface area (Å²) in [7, 11) is 0.